The summed E-state index contributed by atoms with van der Waals surface area (Å²) in [6.45, 7) is 6.07. The van der Waals surface area contributed by atoms with Gasteiger partial charge < -0.3 is 16.0 Å². The molecule has 0 aliphatic rings. The molecular weight excluding hydrogens is 285 g/mol. The molecule has 0 spiro atoms. The Kier molecular flexibility index (Phi) is 6.34. The first kappa shape index (κ1) is 17.9. The van der Waals surface area contributed by atoms with Crippen LogP contribution in [-0.4, -0.2) is 24.5 Å². The van der Waals surface area contributed by atoms with Gasteiger partial charge in [-0.2, -0.15) is 0 Å². The molecule has 0 fully saturated rings. The zero-order valence-electron chi connectivity index (χ0n) is 13.5. The van der Waals surface area contributed by atoms with E-state index < -0.39 is 11.7 Å². The van der Waals surface area contributed by atoms with E-state index in [0.717, 1.165) is 25.3 Å². The minimum Gasteiger partial charge on any atom is -0.355 e. The minimum absolute atomic E-state index is 0.104. The van der Waals surface area contributed by atoms with Crippen molar-refractivity contribution in [2.24, 2.45) is 0 Å². The number of hydrogen-bond acceptors (Lipinski definition) is 2. The van der Waals surface area contributed by atoms with Gasteiger partial charge >= 0.3 is 6.03 Å². The first-order valence-electron chi connectivity index (χ1n) is 7.52. The molecule has 0 unspecified atom stereocenters. The van der Waals surface area contributed by atoms with Crippen LogP contribution >= 0.6 is 0 Å². The predicted octanol–water partition coefficient (Wildman–Crippen LogP) is 3.28. The highest BCUT2D eigenvalue weighted by molar-refractivity contribution is 5.97. The summed E-state index contributed by atoms with van der Waals surface area (Å²) in [4.78, 5) is 23.7. The van der Waals surface area contributed by atoms with Crippen LogP contribution in [0.15, 0.2) is 18.2 Å². The SMILES string of the molecule is CCC(CC)(CC)NC(=O)Nc1ccc(F)c(C(=O)NC)c1. The fourth-order valence-corrected chi connectivity index (χ4v) is 2.33. The first-order valence-corrected chi connectivity index (χ1v) is 7.52. The number of carbonyl (C=O) groups is 2. The van der Waals surface area contributed by atoms with Crippen molar-refractivity contribution >= 4 is 17.6 Å². The summed E-state index contributed by atoms with van der Waals surface area (Å²) in [6, 6.07) is 3.54. The van der Waals surface area contributed by atoms with E-state index in [9.17, 15) is 14.0 Å². The number of hydrogen-bond donors (Lipinski definition) is 3. The molecule has 3 N–H and O–H groups in total. The van der Waals surface area contributed by atoms with Gasteiger partial charge in [0, 0.05) is 18.3 Å². The second kappa shape index (κ2) is 7.77. The smallest absolute Gasteiger partial charge is 0.319 e. The number of benzene rings is 1. The Hall–Kier alpha value is -2.11. The van der Waals surface area contributed by atoms with Gasteiger partial charge in [-0.25, -0.2) is 9.18 Å². The van der Waals surface area contributed by atoms with Crippen molar-refractivity contribution in [1.82, 2.24) is 10.6 Å². The normalized spacial score (nSPS) is 11.0. The predicted molar refractivity (Wildman–Crippen MR) is 85.5 cm³/mol. The van der Waals surface area contributed by atoms with E-state index in [0.29, 0.717) is 5.69 Å². The molecule has 0 saturated carbocycles. The highest BCUT2D eigenvalue weighted by Crippen LogP contribution is 2.20. The highest BCUT2D eigenvalue weighted by atomic mass is 19.1. The Balaban J connectivity index is 2.87. The van der Waals surface area contributed by atoms with Crippen LogP contribution < -0.4 is 16.0 Å². The lowest BCUT2D eigenvalue weighted by molar-refractivity contribution is 0.0959. The van der Waals surface area contributed by atoms with Crippen LogP contribution in [0, 0.1) is 5.82 Å². The zero-order valence-corrected chi connectivity index (χ0v) is 13.5. The van der Waals surface area contributed by atoms with E-state index in [1.54, 1.807) is 0 Å². The number of urea groups is 1. The molecule has 0 aromatic heterocycles. The molecule has 6 heteroatoms. The number of nitrogens with one attached hydrogen (secondary N) is 3. The van der Waals surface area contributed by atoms with Crippen molar-refractivity contribution in [1.29, 1.82) is 0 Å². The summed E-state index contributed by atoms with van der Waals surface area (Å²) in [5.41, 5.74) is 0.0102. The molecule has 3 amide bonds. The number of amides is 3. The van der Waals surface area contributed by atoms with Crippen molar-refractivity contribution < 1.29 is 14.0 Å². The van der Waals surface area contributed by atoms with Crippen LogP contribution in [0.5, 0.6) is 0 Å². The van der Waals surface area contributed by atoms with E-state index >= 15 is 0 Å². The van der Waals surface area contributed by atoms with Gasteiger partial charge in [-0.3, -0.25) is 4.79 Å². The summed E-state index contributed by atoms with van der Waals surface area (Å²) < 4.78 is 13.6. The van der Waals surface area contributed by atoms with E-state index in [1.807, 2.05) is 20.8 Å². The van der Waals surface area contributed by atoms with Gasteiger partial charge in [0.05, 0.1) is 5.56 Å². The van der Waals surface area contributed by atoms with E-state index in [1.165, 1.54) is 19.2 Å². The number of carbonyl (C=O) groups excluding carboxylic acids is 2. The molecule has 0 aliphatic carbocycles. The van der Waals surface area contributed by atoms with E-state index in [2.05, 4.69) is 16.0 Å². The Morgan fingerprint density at radius 1 is 1.14 bits per heavy atom. The molecule has 122 valence electrons. The quantitative estimate of drug-likeness (QED) is 0.754. The average Bonchev–Trinajstić information content (AvgIpc) is 2.53. The van der Waals surface area contributed by atoms with Crippen molar-refractivity contribution in [3.63, 3.8) is 0 Å². The molecule has 0 atom stereocenters. The highest BCUT2D eigenvalue weighted by Gasteiger charge is 2.25. The van der Waals surface area contributed by atoms with E-state index in [4.69, 9.17) is 0 Å². The standard InChI is InChI=1S/C16H24FN3O2/c1-5-16(6-2,7-3)20-15(22)19-11-8-9-13(17)12(10-11)14(21)18-4/h8-10H,5-7H2,1-4H3,(H,18,21)(H2,19,20,22). The third kappa shape index (κ3) is 4.19. The third-order valence-electron chi connectivity index (χ3n) is 4.10. The summed E-state index contributed by atoms with van der Waals surface area (Å²) in [6.07, 6.45) is 2.46. The van der Waals surface area contributed by atoms with Gasteiger partial charge in [0.15, 0.2) is 0 Å². The molecule has 5 nitrogen and oxygen atoms in total. The maximum absolute atomic E-state index is 13.6. The van der Waals surface area contributed by atoms with Gasteiger partial charge in [0.2, 0.25) is 0 Å². The van der Waals surface area contributed by atoms with Gasteiger partial charge in [-0.05, 0) is 37.5 Å². The molecule has 1 rings (SSSR count). The molecule has 0 aliphatic heterocycles. The van der Waals surface area contributed by atoms with E-state index in [-0.39, 0.29) is 17.1 Å². The molecule has 1 aromatic rings. The van der Waals surface area contributed by atoms with Crippen LogP contribution in [0.4, 0.5) is 14.9 Å². The van der Waals surface area contributed by atoms with Crippen LogP contribution in [0.3, 0.4) is 0 Å². The largest absolute Gasteiger partial charge is 0.355 e. The lowest BCUT2D eigenvalue weighted by Crippen LogP contribution is -2.48. The van der Waals surface area contributed by atoms with Crippen LogP contribution in [0.1, 0.15) is 50.4 Å². The number of halogens is 1. The maximum atomic E-state index is 13.6. The molecular formula is C16H24FN3O2. The number of anilines is 1. The lowest BCUT2D eigenvalue weighted by Gasteiger charge is -2.31. The molecule has 0 radical (unpaired) electrons. The Bertz CT molecular complexity index is 534. The van der Waals surface area contributed by atoms with Crippen LogP contribution in [0.2, 0.25) is 0 Å². The van der Waals surface area contributed by atoms with Gasteiger partial charge in [-0.1, -0.05) is 20.8 Å². The van der Waals surface area contributed by atoms with Gasteiger partial charge in [0.25, 0.3) is 5.91 Å². The topological polar surface area (TPSA) is 70.2 Å². The maximum Gasteiger partial charge on any atom is 0.319 e. The fraction of sp³-hybridized carbons (Fsp3) is 0.500. The summed E-state index contributed by atoms with van der Waals surface area (Å²) in [5, 5.41) is 7.97. The Labute approximate surface area is 130 Å². The molecule has 0 saturated heterocycles. The number of rotatable bonds is 6. The van der Waals surface area contributed by atoms with Crippen LogP contribution in [0.25, 0.3) is 0 Å². The minimum atomic E-state index is -0.629. The second-order valence-corrected chi connectivity index (χ2v) is 5.19. The third-order valence-corrected chi connectivity index (χ3v) is 4.10. The molecule has 0 bridgehead atoms. The van der Waals surface area contributed by atoms with Crippen molar-refractivity contribution in [2.75, 3.05) is 12.4 Å². The van der Waals surface area contributed by atoms with Gasteiger partial charge in [0.1, 0.15) is 5.82 Å². The second-order valence-electron chi connectivity index (χ2n) is 5.19. The lowest BCUT2D eigenvalue weighted by atomic mass is 9.90. The summed E-state index contributed by atoms with van der Waals surface area (Å²) in [7, 11) is 1.42. The molecule has 0 heterocycles. The van der Waals surface area contributed by atoms with Crippen molar-refractivity contribution in [2.45, 2.75) is 45.6 Å². The Morgan fingerprint density at radius 2 is 1.73 bits per heavy atom. The van der Waals surface area contributed by atoms with Crippen LogP contribution in [-0.2, 0) is 0 Å². The van der Waals surface area contributed by atoms with Crippen molar-refractivity contribution in [3.8, 4) is 0 Å². The molecule has 1 aromatic carbocycles. The summed E-state index contributed by atoms with van der Waals surface area (Å²) >= 11 is 0. The average molecular weight is 309 g/mol. The Morgan fingerprint density at radius 3 is 2.23 bits per heavy atom. The first-order chi connectivity index (χ1) is 10.4. The van der Waals surface area contributed by atoms with Crippen molar-refractivity contribution in [3.05, 3.63) is 29.6 Å². The fourth-order valence-electron chi connectivity index (χ4n) is 2.33. The molecule has 22 heavy (non-hydrogen) atoms. The monoisotopic (exact) mass is 309 g/mol. The zero-order chi connectivity index (χ0) is 16.8. The summed E-state index contributed by atoms with van der Waals surface area (Å²) in [5.74, 6) is -1.16. The van der Waals surface area contributed by atoms with Gasteiger partial charge in [-0.15, -0.1) is 0 Å².